The Kier molecular flexibility index (Phi) is 8.84. The normalized spacial score (nSPS) is 14.0. The van der Waals surface area contributed by atoms with E-state index in [2.05, 4.69) is 6.58 Å². The number of aryl methyl sites for hydroxylation is 1. The van der Waals surface area contributed by atoms with Gasteiger partial charge in [0.05, 0.1) is 4.75 Å². The summed E-state index contributed by atoms with van der Waals surface area (Å²) in [6, 6.07) is 6.53. The third-order valence-corrected chi connectivity index (χ3v) is 5.37. The Labute approximate surface area is 154 Å². The summed E-state index contributed by atoms with van der Waals surface area (Å²) >= 11 is 1.10. The number of halogens is 1. The van der Waals surface area contributed by atoms with Crippen molar-refractivity contribution in [2.75, 3.05) is 0 Å². The van der Waals surface area contributed by atoms with Crippen LogP contribution in [0.3, 0.4) is 0 Å². The highest BCUT2D eigenvalue weighted by Gasteiger charge is 2.30. The maximum Gasteiger partial charge on any atom is 0.190 e. The zero-order valence-corrected chi connectivity index (χ0v) is 16.1. The van der Waals surface area contributed by atoms with Gasteiger partial charge in [0.25, 0.3) is 0 Å². The van der Waals surface area contributed by atoms with Crippen LogP contribution in [-0.4, -0.2) is 15.6 Å². The van der Waals surface area contributed by atoms with Gasteiger partial charge in [-0.2, -0.15) is 0 Å². The van der Waals surface area contributed by atoms with Gasteiger partial charge in [0.1, 0.15) is 11.6 Å². The van der Waals surface area contributed by atoms with Crippen LogP contribution in [0.15, 0.2) is 48.6 Å². The molecule has 0 heterocycles. The minimum atomic E-state index is -0.830. The predicted octanol–water partition coefficient (Wildman–Crippen LogP) is 5.67. The first-order valence-electron chi connectivity index (χ1n) is 8.56. The molecule has 0 aromatic heterocycles. The summed E-state index contributed by atoms with van der Waals surface area (Å²) in [6.45, 7) is 8.85. The summed E-state index contributed by atoms with van der Waals surface area (Å²) in [4.78, 5) is 24.1. The molecule has 0 saturated heterocycles. The molecule has 136 valence electrons. The fourth-order valence-corrected chi connectivity index (χ4v) is 3.52. The number of carbonyl (C=O) groups is 2. The fraction of sp³-hybridized carbons (Fsp3) is 0.429. The molecule has 0 spiro atoms. The quantitative estimate of drug-likeness (QED) is 0.397. The average molecular weight is 363 g/mol. The largest absolute Gasteiger partial charge is 0.298 e. The molecule has 0 fully saturated rings. The van der Waals surface area contributed by atoms with Crippen molar-refractivity contribution in [2.24, 2.45) is 0 Å². The molecule has 25 heavy (non-hydrogen) atoms. The number of unbranched alkanes of at least 4 members (excludes halogenated alkanes) is 2. The van der Waals surface area contributed by atoms with Crippen molar-refractivity contribution >= 4 is 22.7 Å². The Morgan fingerprint density at radius 1 is 1.16 bits per heavy atom. The minimum absolute atomic E-state index is 0.0348. The van der Waals surface area contributed by atoms with E-state index in [0.29, 0.717) is 6.42 Å². The molecule has 1 atom stereocenters. The molecule has 0 aliphatic rings. The number of allylic oxidation sites excluding steroid dienone is 2. The number of Topliss-reactive ketones (excluding diaryl/α,β-unsaturated/α-hetero) is 1. The van der Waals surface area contributed by atoms with E-state index in [0.717, 1.165) is 48.6 Å². The van der Waals surface area contributed by atoms with Crippen LogP contribution < -0.4 is 0 Å². The molecular formula is C21H27FO2S. The Hall–Kier alpha value is -1.68. The molecule has 0 amide bonds. The summed E-state index contributed by atoms with van der Waals surface area (Å²) in [5.41, 5.74) is 1.99. The fourth-order valence-electron chi connectivity index (χ4n) is 2.41. The number of benzene rings is 1. The second-order valence-corrected chi connectivity index (χ2v) is 7.92. The number of thioether (sulfide) groups is 1. The van der Waals surface area contributed by atoms with Crippen LogP contribution >= 0.6 is 11.8 Å². The van der Waals surface area contributed by atoms with E-state index in [1.54, 1.807) is 31.2 Å². The second-order valence-electron chi connectivity index (χ2n) is 6.42. The number of hydrogen-bond donors (Lipinski definition) is 0. The van der Waals surface area contributed by atoms with E-state index < -0.39 is 4.75 Å². The number of ketones is 1. The van der Waals surface area contributed by atoms with Crippen molar-refractivity contribution < 1.29 is 14.0 Å². The van der Waals surface area contributed by atoms with Crippen molar-refractivity contribution in [3.8, 4) is 0 Å². The zero-order chi connectivity index (χ0) is 18.9. The molecule has 1 rings (SSSR count). The highest BCUT2D eigenvalue weighted by atomic mass is 32.2. The van der Waals surface area contributed by atoms with Crippen LogP contribution in [-0.2, 0) is 16.0 Å². The van der Waals surface area contributed by atoms with E-state index in [1.807, 2.05) is 6.92 Å². The number of carbonyl (C=O) groups excluding carboxylic acids is 2. The van der Waals surface area contributed by atoms with Crippen molar-refractivity contribution in [2.45, 2.75) is 57.6 Å². The SMILES string of the molecule is C=C/C(C)=C/[C@@](C)(SC(=O)CCCCCc1ccc(F)cc1)C(C)=O. The Morgan fingerprint density at radius 2 is 1.80 bits per heavy atom. The average Bonchev–Trinajstić information content (AvgIpc) is 2.55. The Balaban J connectivity index is 2.39. The summed E-state index contributed by atoms with van der Waals surface area (Å²) in [6.07, 6.45) is 7.52. The first-order valence-corrected chi connectivity index (χ1v) is 9.37. The van der Waals surface area contributed by atoms with E-state index in [9.17, 15) is 14.0 Å². The lowest BCUT2D eigenvalue weighted by molar-refractivity contribution is -0.118. The summed E-state index contributed by atoms with van der Waals surface area (Å²) < 4.78 is 12.0. The van der Waals surface area contributed by atoms with Gasteiger partial charge in [-0.3, -0.25) is 9.59 Å². The van der Waals surface area contributed by atoms with E-state index in [-0.39, 0.29) is 16.7 Å². The molecule has 0 aliphatic carbocycles. The highest BCUT2D eigenvalue weighted by molar-refractivity contribution is 8.15. The van der Waals surface area contributed by atoms with E-state index in [1.165, 1.54) is 19.1 Å². The maximum absolute atomic E-state index is 12.8. The van der Waals surface area contributed by atoms with Crippen LogP contribution in [0.1, 0.15) is 52.0 Å². The molecule has 0 N–H and O–H groups in total. The van der Waals surface area contributed by atoms with Crippen LogP contribution in [0.5, 0.6) is 0 Å². The standard InChI is InChI=1S/C21H27FO2S/c1-5-16(2)15-21(4,17(3)23)25-20(24)10-8-6-7-9-18-11-13-19(22)14-12-18/h5,11-15H,1,6-10H2,2-4H3/b16-15+/t21-/m1/s1. The van der Waals surface area contributed by atoms with Gasteiger partial charge >= 0.3 is 0 Å². The van der Waals surface area contributed by atoms with Gasteiger partial charge in [-0.15, -0.1) is 0 Å². The van der Waals surface area contributed by atoms with E-state index in [4.69, 9.17) is 0 Å². The maximum atomic E-state index is 12.8. The molecule has 0 radical (unpaired) electrons. The zero-order valence-electron chi connectivity index (χ0n) is 15.3. The van der Waals surface area contributed by atoms with Gasteiger partial charge in [-0.1, -0.05) is 54.6 Å². The molecule has 0 unspecified atom stereocenters. The Bertz CT molecular complexity index is 634. The van der Waals surface area contributed by atoms with Crippen LogP contribution in [0.2, 0.25) is 0 Å². The van der Waals surface area contributed by atoms with Gasteiger partial charge in [-0.05, 0) is 57.7 Å². The van der Waals surface area contributed by atoms with Crippen molar-refractivity contribution in [3.63, 3.8) is 0 Å². The van der Waals surface area contributed by atoms with Gasteiger partial charge in [0.15, 0.2) is 5.12 Å². The Morgan fingerprint density at radius 3 is 2.36 bits per heavy atom. The molecule has 0 bridgehead atoms. The molecule has 2 nitrogen and oxygen atoms in total. The third kappa shape index (κ3) is 7.82. The summed E-state index contributed by atoms with van der Waals surface area (Å²) in [5.74, 6) is -0.260. The highest BCUT2D eigenvalue weighted by Crippen LogP contribution is 2.31. The van der Waals surface area contributed by atoms with Crippen molar-refractivity contribution in [3.05, 3.63) is 60.0 Å². The van der Waals surface area contributed by atoms with Gasteiger partial charge in [0, 0.05) is 6.42 Å². The van der Waals surface area contributed by atoms with Crippen LogP contribution in [0, 0.1) is 5.82 Å². The van der Waals surface area contributed by atoms with Gasteiger partial charge in [0.2, 0.25) is 0 Å². The summed E-state index contributed by atoms with van der Waals surface area (Å²) in [5, 5.41) is 0.0348. The minimum Gasteiger partial charge on any atom is -0.298 e. The van der Waals surface area contributed by atoms with Gasteiger partial charge < -0.3 is 0 Å². The van der Waals surface area contributed by atoms with Crippen molar-refractivity contribution in [1.82, 2.24) is 0 Å². The lowest BCUT2D eigenvalue weighted by Crippen LogP contribution is -2.29. The van der Waals surface area contributed by atoms with Gasteiger partial charge in [-0.25, -0.2) is 4.39 Å². The molecule has 0 saturated carbocycles. The molecule has 0 aliphatic heterocycles. The third-order valence-electron chi connectivity index (χ3n) is 4.11. The molecule has 4 heteroatoms. The number of hydrogen-bond acceptors (Lipinski definition) is 3. The summed E-state index contributed by atoms with van der Waals surface area (Å²) in [7, 11) is 0. The smallest absolute Gasteiger partial charge is 0.190 e. The predicted molar refractivity (Wildman–Crippen MR) is 104 cm³/mol. The monoisotopic (exact) mass is 362 g/mol. The first kappa shape index (κ1) is 21.4. The molecular weight excluding hydrogens is 335 g/mol. The van der Waals surface area contributed by atoms with Crippen LogP contribution in [0.25, 0.3) is 0 Å². The molecule has 1 aromatic rings. The lowest BCUT2D eigenvalue weighted by atomic mass is 10.0. The van der Waals surface area contributed by atoms with E-state index >= 15 is 0 Å². The topological polar surface area (TPSA) is 34.1 Å². The second kappa shape index (κ2) is 10.3. The van der Waals surface area contributed by atoms with Crippen molar-refractivity contribution in [1.29, 1.82) is 0 Å². The first-order chi connectivity index (χ1) is 11.8. The number of rotatable bonds is 10. The lowest BCUT2D eigenvalue weighted by Gasteiger charge is -2.22. The molecule has 1 aromatic carbocycles. The van der Waals surface area contributed by atoms with Crippen LogP contribution in [0.4, 0.5) is 4.39 Å².